The van der Waals surface area contributed by atoms with Gasteiger partial charge in [-0.25, -0.2) is 0 Å². The summed E-state index contributed by atoms with van der Waals surface area (Å²) in [6.45, 7) is 8.86. The lowest BCUT2D eigenvalue weighted by atomic mass is 9.70. The third kappa shape index (κ3) is 6.19. The Morgan fingerprint density at radius 1 is 0.320 bits per heavy atom. The van der Waals surface area contributed by atoms with Crippen LogP contribution in [0.2, 0.25) is 0 Å². The number of benzene rings is 12. The van der Waals surface area contributed by atoms with Crippen molar-refractivity contribution >= 4 is 44.7 Å². The van der Waals surface area contributed by atoms with Gasteiger partial charge >= 0.3 is 0 Å². The molecule has 0 saturated heterocycles. The van der Waals surface area contributed by atoms with Crippen LogP contribution in [0.3, 0.4) is 0 Å². The second-order valence-corrected chi connectivity index (χ2v) is 21.2. The van der Waals surface area contributed by atoms with Crippen LogP contribution in [0.25, 0.3) is 94.4 Å². The van der Waals surface area contributed by atoms with Crippen LogP contribution in [0.4, 0.5) is 17.1 Å². The van der Waals surface area contributed by atoms with Gasteiger partial charge in [-0.1, -0.05) is 239 Å². The lowest BCUT2D eigenvalue weighted by Crippen LogP contribution is -2.26. The molecule has 352 valence electrons. The molecule has 0 heterocycles. The third-order valence-corrected chi connectivity index (χ3v) is 17.0. The van der Waals surface area contributed by atoms with Crippen molar-refractivity contribution in [1.29, 1.82) is 0 Å². The Balaban J connectivity index is 0.976. The van der Waals surface area contributed by atoms with Crippen molar-refractivity contribution in [1.82, 2.24) is 0 Å². The maximum Gasteiger partial charge on any atom is 0.0725 e. The van der Waals surface area contributed by atoms with Gasteiger partial charge in [0.25, 0.3) is 0 Å². The average Bonchev–Trinajstić information content (AvgIpc) is 4.17. The fourth-order valence-corrected chi connectivity index (χ4v) is 13.6. The molecule has 3 aliphatic rings. The van der Waals surface area contributed by atoms with E-state index in [0.29, 0.717) is 0 Å². The van der Waals surface area contributed by atoms with Gasteiger partial charge in [-0.15, -0.1) is 0 Å². The first-order valence-electron chi connectivity index (χ1n) is 26.3. The van der Waals surface area contributed by atoms with Gasteiger partial charge in [-0.3, -0.25) is 0 Å². The summed E-state index contributed by atoms with van der Waals surface area (Å²) in [5.74, 6) is 0. The molecule has 0 radical (unpaired) electrons. The van der Waals surface area contributed by atoms with Crippen LogP contribution in [0.5, 0.6) is 0 Å². The summed E-state index contributed by atoms with van der Waals surface area (Å²) in [5, 5.41) is 4.82. The molecule has 1 unspecified atom stereocenters. The Morgan fingerprint density at radius 2 is 0.760 bits per heavy atom. The molecule has 1 spiro atoms. The van der Waals surface area contributed by atoms with E-state index in [2.05, 4.69) is 280 Å². The van der Waals surface area contributed by atoms with Crippen LogP contribution in [0.15, 0.2) is 261 Å². The molecule has 1 nitrogen and oxygen atoms in total. The van der Waals surface area contributed by atoms with Crippen LogP contribution in [0.1, 0.15) is 52.8 Å². The summed E-state index contributed by atoms with van der Waals surface area (Å²) in [4.78, 5) is 2.53. The molecule has 12 aromatic carbocycles. The molecule has 3 aliphatic carbocycles. The zero-order valence-electron chi connectivity index (χ0n) is 42.0. The largest absolute Gasteiger partial charge is 0.309 e. The highest BCUT2D eigenvalue weighted by Gasteiger charge is 2.52. The predicted octanol–water partition coefficient (Wildman–Crippen LogP) is 19.8. The van der Waals surface area contributed by atoms with Crippen LogP contribution in [-0.4, -0.2) is 0 Å². The van der Waals surface area contributed by atoms with E-state index in [-0.39, 0.29) is 5.41 Å². The number of nitrogens with zero attached hydrogens (tertiary/aromatic N) is 1. The number of hydrogen-bond acceptors (Lipinski definition) is 1. The molecule has 0 N–H and O–H groups in total. The summed E-state index contributed by atoms with van der Waals surface area (Å²) in [6.07, 6.45) is 1.94. The first-order valence-corrected chi connectivity index (χ1v) is 26.3. The van der Waals surface area contributed by atoms with Gasteiger partial charge in [-0.2, -0.15) is 0 Å². The molecule has 15 rings (SSSR count). The Labute approximate surface area is 439 Å². The molecular weight excluding hydrogens is 903 g/mol. The van der Waals surface area contributed by atoms with Crippen molar-refractivity contribution in [2.45, 2.75) is 24.7 Å². The van der Waals surface area contributed by atoms with Gasteiger partial charge in [0.05, 0.1) is 11.1 Å². The number of anilines is 3. The maximum absolute atomic E-state index is 4.10. The van der Waals surface area contributed by atoms with Crippen molar-refractivity contribution in [3.8, 4) is 66.8 Å². The van der Waals surface area contributed by atoms with Gasteiger partial charge in [0, 0.05) is 27.6 Å². The van der Waals surface area contributed by atoms with Crippen LogP contribution < -0.4 is 4.90 Å². The number of hydrogen-bond donors (Lipinski definition) is 0. The van der Waals surface area contributed by atoms with Gasteiger partial charge in [-0.05, 0) is 159 Å². The number of rotatable bonds is 7. The zero-order valence-corrected chi connectivity index (χ0v) is 42.0. The molecule has 12 aromatic rings. The molecule has 75 heavy (non-hydrogen) atoms. The Kier molecular flexibility index (Phi) is 9.44. The summed E-state index contributed by atoms with van der Waals surface area (Å²) < 4.78 is 0. The Morgan fingerprint density at radius 3 is 1.40 bits per heavy atom. The van der Waals surface area contributed by atoms with Crippen molar-refractivity contribution in [3.63, 3.8) is 0 Å². The van der Waals surface area contributed by atoms with E-state index >= 15 is 0 Å². The third-order valence-electron chi connectivity index (χ3n) is 17.0. The minimum absolute atomic E-state index is 0.165. The maximum atomic E-state index is 4.10. The highest BCUT2D eigenvalue weighted by molar-refractivity contribution is 6.22. The summed E-state index contributed by atoms with van der Waals surface area (Å²) >= 11 is 0. The van der Waals surface area contributed by atoms with Crippen LogP contribution in [-0.2, 0) is 10.8 Å². The van der Waals surface area contributed by atoms with E-state index in [1.165, 1.54) is 127 Å². The van der Waals surface area contributed by atoms with Gasteiger partial charge in [0.1, 0.15) is 0 Å². The van der Waals surface area contributed by atoms with E-state index in [1.807, 2.05) is 6.08 Å². The molecule has 0 fully saturated rings. The first kappa shape index (κ1) is 43.3. The molecule has 0 saturated carbocycles. The Hall–Kier alpha value is -9.30. The molecule has 1 atom stereocenters. The topological polar surface area (TPSA) is 3.24 Å². The second-order valence-electron chi connectivity index (χ2n) is 21.2. The van der Waals surface area contributed by atoms with E-state index in [0.717, 1.165) is 16.9 Å². The van der Waals surface area contributed by atoms with Crippen molar-refractivity contribution in [2.24, 2.45) is 0 Å². The lowest BCUT2D eigenvalue weighted by molar-refractivity contribution is 0.660. The zero-order chi connectivity index (χ0) is 50.0. The van der Waals surface area contributed by atoms with E-state index in [4.69, 9.17) is 0 Å². The quantitative estimate of drug-likeness (QED) is 0.144. The van der Waals surface area contributed by atoms with Crippen molar-refractivity contribution in [3.05, 3.63) is 300 Å². The van der Waals surface area contributed by atoms with Crippen LogP contribution in [0, 0.1) is 0 Å². The van der Waals surface area contributed by atoms with Crippen molar-refractivity contribution in [2.75, 3.05) is 4.90 Å². The fraction of sp³-hybridized carbons (Fsp3) is 0.0541. The standard InChI is InChI=1S/C74H51N/c1-4-47-19-18-22-50(43-47)51-35-40-59-56-24-13-16-31-66(56)74(69(59)44-51)67-32-17-14-25-57(67)60-41-36-52(45-70(60)74)71-61-26-8-10-28-63(61)72(64-29-11-9-27-62(64)71)75(53-37-33-49(34-38-53)48-20-6-5-7-21-48)54-39-42-58-55-23-12-15-30-65(55)73(2,3)68(58)46-54/h4-46H,1H2,2-3H3. The van der Waals surface area contributed by atoms with E-state index in [1.54, 1.807) is 0 Å². The molecule has 1 heteroatoms. The highest BCUT2D eigenvalue weighted by Crippen LogP contribution is 2.64. The van der Waals surface area contributed by atoms with Gasteiger partial charge in [0.2, 0.25) is 0 Å². The Bertz CT molecular complexity index is 4270. The van der Waals surface area contributed by atoms with Crippen LogP contribution >= 0.6 is 0 Å². The van der Waals surface area contributed by atoms with Gasteiger partial charge in [0.15, 0.2) is 0 Å². The van der Waals surface area contributed by atoms with E-state index in [9.17, 15) is 0 Å². The monoisotopic (exact) mass is 953 g/mol. The summed E-state index contributed by atoms with van der Waals surface area (Å²) in [6, 6.07) is 95.8. The average molecular weight is 954 g/mol. The molecule has 0 aromatic heterocycles. The van der Waals surface area contributed by atoms with Crippen molar-refractivity contribution < 1.29 is 0 Å². The first-order chi connectivity index (χ1) is 36.9. The normalized spacial score (nSPS) is 15.0. The molecule has 0 aliphatic heterocycles. The lowest BCUT2D eigenvalue weighted by Gasteiger charge is -2.32. The molecule has 0 amide bonds. The minimum Gasteiger partial charge on any atom is -0.309 e. The number of fused-ring (bicyclic) bond motifs is 15. The highest BCUT2D eigenvalue weighted by atomic mass is 15.1. The fourth-order valence-electron chi connectivity index (χ4n) is 13.6. The molecular formula is C74H51N. The minimum atomic E-state index is -0.533. The summed E-state index contributed by atoms with van der Waals surface area (Å²) in [5.41, 5.74) is 26.9. The second kappa shape index (κ2) is 16.4. The smallest absolute Gasteiger partial charge is 0.0725 e. The SMILES string of the molecule is C=Cc1cccc(-c2ccc3c(c2)C2(c4ccccc4-3)c3ccccc3-c3ccc(-c4c5ccccc5c(N(c5ccc(-c6ccccc6)cc5)c5ccc6c(c5)C(C)(C)c5ccccc5-6)c5ccccc45)cc32)c1. The van der Waals surface area contributed by atoms with E-state index < -0.39 is 5.41 Å². The predicted molar refractivity (Wildman–Crippen MR) is 316 cm³/mol. The van der Waals surface area contributed by atoms with Gasteiger partial charge < -0.3 is 4.90 Å². The molecule has 0 bridgehead atoms. The summed E-state index contributed by atoms with van der Waals surface area (Å²) in [7, 11) is 0.